The Balaban J connectivity index is 1.71. The number of hydrazone groups is 1. The Morgan fingerprint density at radius 3 is 2.18 bits per heavy atom. The van der Waals surface area contributed by atoms with Crippen LogP contribution in [0.1, 0.15) is 23.6 Å². The normalized spacial score (nSPS) is 11.7. The molecule has 0 spiro atoms. The smallest absolute Gasteiger partial charge is 0.240 e. The molecule has 4 rings (SSSR count). The molecule has 1 aromatic heterocycles. The van der Waals surface area contributed by atoms with Crippen LogP contribution in [-0.4, -0.2) is 49.4 Å². The van der Waals surface area contributed by atoms with E-state index < -0.39 is 10.0 Å². The van der Waals surface area contributed by atoms with Crippen molar-refractivity contribution in [2.75, 3.05) is 36.3 Å². The standard InChI is InChI=1S/C28H31N7O3S/c1-20(22-13-15-24(16-14-22)39(37,38)29-2)34-35-27-25(19-21-9-5-3-6-10-21)26(30-17-18-36)32-28(33-27)31-23-11-7-4-8-12-23/h3-16,29,36H,17-19H2,1-2H3,(H3,30,31,32,33,35). The summed E-state index contributed by atoms with van der Waals surface area (Å²) in [6.07, 6.45) is 0.522. The number of aromatic nitrogens is 2. The van der Waals surface area contributed by atoms with Gasteiger partial charge >= 0.3 is 0 Å². The molecule has 39 heavy (non-hydrogen) atoms. The van der Waals surface area contributed by atoms with E-state index in [1.54, 1.807) is 12.1 Å². The molecular formula is C28H31N7O3S. The van der Waals surface area contributed by atoms with Gasteiger partial charge in [0.2, 0.25) is 16.0 Å². The van der Waals surface area contributed by atoms with Crippen molar-refractivity contribution >= 4 is 39.0 Å². The maximum absolute atomic E-state index is 12.1. The molecule has 0 bridgehead atoms. The number of hydrogen-bond donors (Lipinski definition) is 5. The number of nitrogens with zero attached hydrogens (tertiary/aromatic N) is 3. The van der Waals surface area contributed by atoms with E-state index in [1.807, 2.05) is 67.6 Å². The lowest BCUT2D eigenvalue weighted by molar-refractivity contribution is 0.311. The van der Waals surface area contributed by atoms with Crippen LogP contribution in [-0.2, 0) is 16.4 Å². The van der Waals surface area contributed by atoms with Gasteiger partial charge < -0.3 is 15.7 Å². The van der Waals surface area contributed by atoms with Gasteiger partial charge in [-0.1, -0.05) is 60.7 Å². The topological polar surface area (TPSA) is 141 Å². The zero-order valence-corrected chi connectivity index (χ0v) is 22.5. The van der Waals surface area contributed by atoms with Crippen molar-refractivity contribution < 1.29 is 13.5 Å². The molecule has 0 unspecified atom stereocenters. The van der Waals surface area contributed by atoms with Gasteiger partial charge in [-0.15, -0.1) is 0 Å². The molecule has 11 heteroatoms. The van der Waals surface area contributed by atoms with Crippen molar-refractivity contribution in [2.45, 2.75) is 18.2 Å². The van der Waals surface area contributed by atoms with Crippen LogP contribution in [0.2, 0.25) is 0 Å². The SMILES string of the molecule is CNS(=O)(=O)c1ccc(C(C)=NNc2nc(Nc3ccccc3)nc(NCCO)c2Cc2ccccc2)cc1. The Kier molecular flexibility index (Phi) is 9.21. The molecule has 0 atom stereocenters. The molecule has 3 aromatic carbocycles. The highest BCUT2D eigenvalue weighted by Crippen LogP contribution is 2.28. The van der Waals surface area contributed by atoms with E-state index >= 15 is 0 Å². The minimum atomic E-state index is -3.53. The predicted octanol–water partition coefficient (Wildman–Crippen LogP) is 3.96. The van der Waals surface area contributed by atoms with Crippen LogP contribution >= 0.6 is 0 Å². The van der Waals surface area contributed by atoms with Gasteiger partial charge in [0.25, 0.3) is 0 Å². The maximum Gasteiger partial charge on any atom is 0.240 e. The second-order valence-electron chi connectivity index (χ2n) is 8.57. The molecular weight excluding hydrogens is 514 g/mol. The molecule has 0 radical (unpaired) electrons. The zero-order chi connectivity index (χ0) is 27.7. The second-order valence-corrected chi connectivity index (χ2v) is 10.5. The summed E-state index contributed by atoms with van der Waals surface area (Å²) in [6.45, 7) is 2.07. The minimum absolute atomic E-state index is 0.0600. The Morgan fingerprint density at radius 1 is 0.897 bits per heavy atom. The lowest BCUT2D eigenvalue weighted by atomic mass is 10.1. The van der Waals surface area contributed by atoms with Crippen molar-refractivity contribution in [1.82, 2.24) is 14.7 Å². The lowest BCUT2D eigenvalue weighted by Crippen LogP contribution is -2.18. The Bertz CT molecular complexity index is 1510. The molecule has 0 aliphatic carbocycles. The highest BCUT2D eigenvalue weighted by atomic mass is 32.2. The molecule has 0 aliphatic heterocycles. The number of sulfonamides is 1. The first-order chi connectivity index (χ1) is 18.9. The average molecular weight is 546 g/mol. The third-order valence-electron chi connectivity index (χ3n) is 5.85. The number of benzene rings is 3. The van der Waals surface area contributed by atoms with Crippen LogP contribution in [0.4, 0.5) is 23.3 Å². The Hall–Kier alpha value is -4.32. The van der Waals surface area contributed by atoms with Crippen LogP contribution in [0.5, 0.6) is 0 Å². The predicted molar refractivity (Wildman–Crippen MR) is 155 cm³/mol. The summed E-state index contributed by atoms with van der Waals surface area (Å²) in [5.41, 5.74) is 7.13. The van der Waals surface area contributed by atoms with Crippen LogP contribution in [0.15, 0.2) is 94.9 Å². The molecule has 0 fully saturated rings. The fourth-order valence-corrected chi connectivity index (χ4v) is 4.50. The number of hydrogen-bond acceptors (Lipinski definition) is 9. The molecule has 5 N–H and O–H groups in total. The number of para-hydroxylation sites is 1. The first-order valence-corrected chi connectivity index (χ1v) is 13.8. The molecule has 202 valence electrons. The van der Waals surface area contributed by atoms with Crippen molar-refractivity contribution in [3.63, 3.8) is 0 Å². The van der Waals surface area contributed by atoms with E-state index in [1.165, 1.54) is 19.2 Å². The molecule has 0 amide bonds. The molecule has 10 nitrogen and oxygen atoms in total. The third-order valence-corrected chi connectivity index (χ3v) is 7.28. The van der Waals surface area contributed by atoms with Crippen LogP contribution in [0.25, 0.3) is 0 Å². The monoisotopic (exact) mass is 545 g/mol. The van der Waals surface area contributed by atoms with Gasteiger partial charge in [0.15, 0.2) is 5.82 Å². The first-order valence-electron chi connectivity index (χ1n) is 12.4. The van der Waals surface area contributed by atoms with Gasteiger partial charge in [0.1, 0.15) is 5.82 Å². The number of aliphatic hydroxyl groups excluding tert-OH is 1. The van der Waals surface area contributed by atoms with E-state index in [0.717, 1.165) is 22.4 Å². The van der Waals surface area contributed by atoms with Crippen LogP contribution in [0, 0.1) is 0 Å². The van der Waals surface area contributed by atoms with E-state index in [9.17, 15) is 13.5 Å². The highest BCUT2D eigenvalue weighted by Gasteiger charge is 2.16. The van der Waals surface area contributed by atoms with Gasteiger partial charge in [0, 0.05) is 24.2 Å². The lowest BCUT2D eigenvalue weighted by Gasteiger charge is -2.17. The van der Waals surface area contributed by atoms with Crippen molar-refractivity contribution in [3.05, 3.63) is 102 Å². The van der Waals surface area contributed by atoms with Gasteiger partial charge in [-0.2, -0.15) is 15.1 Å². The summed E-state index contributed by atoms with van der Waals surface area (Å²) >= 11 is 0. The van der Waals surface area contributed by atoms with E-state index in [0.29, 0.717) is 36.3 Å². The number of rotatable bonds is 12. The highest BCUT2D eigenvalue weighted by molar-refractivity contribution is 7.89. The number of nitrogens with one attached hydrogen (secondary N) is 4. The summed E-state index contributed by atoms with van der Waals surface area (Å²) in [5, 5.41) is 20.4. The minimum Gasteiger partial charge on any atom is -0.395 e. The van der Waals surface area contributed by atoms with Gasteiger partial charge in [0.05, 0.1) is 17.2 Å². The summed E-state index contributed by atoms with van der Waals surface area (Å²) in [5.74, 6) is 1.41. The third kappa shape index (κ3) is 7.38. The van der Waals surface area contributed by atoms with Gasteiger partial charge in [-0.25, -0.2) is 13.1 Å². The second kappa shape index (κ2) is 13.0. The van der Waals surface area contributed by atoms with Gasteiger partial charge in [-0.05, 0) is 49.4 Å². The fraction of sp³-hybridized carbons (Fsp3) is 0.179. The van der Waals surface area contributed by atoms with Crippen LogP contribution in [0.3, 0.4) is 0 Å². The largest absolute Gasteiger partial charge is 0.395 e. The van der Waals surface area contributed by atoms with Crippen molar-refractivity contribution in [3.8, 4) is 0 Å². The number of aliphatic hydroxyl groups is 1. The molecule has 0 aliphatic rings. The zero-order valence-electron chi connectivity index (χ0n) is 21.7. The van der Waals surface area contributed by atoms with Crippen molar-refractivity contribution in [2.24, 2.45) is 5.10 Å². The fourth-order valence-electron chi connectivity index (χ4n) is 3.77. The summed E-state index contributed by atoms with van der Waals surface area (Å²) in [4.78, 5) is 9.59. The summed E-state index contributed by atoms with van der Waals surface area (Å²) in [6, 6.07) is 26.0. The van der Waals surface area contributed by atoms with Crippen LogP contribution < -0.4 is 20.8 Å². The van der Waals surface area contributed by atoms with Crippen molar-refractivity contribution in [1.29, 1.82) is 0 Å². The summed E-state index contributed by atoms with van der Waals surface area (Å²) < 4.78 is 26.4. The molecule has 0 saturated carbocycles. The van der Waals surface area contributed by atoms with E-state index in [4.69, 9.17) is 9.97 Å². The first kappa shape index (κ1) is 27.7. The maximum atomic E-state index is 12.1. The summed E-state index contributed by atoms with van der Waals surface area (Å²) in [7, 11) is -2.15. The van der Waals surface area contributed by atoms with E-state index in [-0.39, 0.29) is 11.5 Å². The quantitative estimate of drug-likeness (QED) is 0.133. The Labute approximate surface area is 228 Å². The van der Waals surface area contributed by atoms with E-state index in [2.05, 4.69) is 25.9 Å². The molecule has 4 aromatic rings. The average Bonchev–Trinajstić information content (AvgIpc) is 2.97. The number of anilines is 4. The Morgan fingerprint density at radius 2 is 1.54 bits per heavy atom. The molecule has 1 heterocycles. The van der Waals surface area contributed by atoms with Gasteiger partial charge in [-0.3, -0.25) is 5.43 Å². The molecule has 0 saturated heterocycles.